The summed E-state index contributed by atoms with van der Waals surface area (Å²) >= 11 is 0. The number of fused-ring (bicyclic) bond motifs is 1. The minimum atomic E-state index is -0.170. The van der Waals surface area contributed by atoms with E-state index in [0.717, 1.165) is 17.0 Å². The van der Waals surface area contributed by atoms with Crippen molar-refractivity contribution in [1.29, 1.82) is 0 Å². The third-order valence-electron chi connectivity index (χ3n) is 5.19. The number of benzene rings is 1. The second kappa shape index (κ2) is 7.78. The van der Waals surface area contributed by atoms with Crippen molar-refractivity contribution in [3.05, 3.63) is 59.9 Å². The van der Waals surface area contributed by atoms with Gasteiger partial charge in [-0.3, -0.25) is 14.6 Å². The van der Waals surface area contributed by atoms with E-state index >= 15 is 0 Å². The maximum absolute atomic E-state index is 13.1. The maximum atomic E-state index is 13.1. The van der Waals surface area contributed by atoms with Gasteiger partial charge in [0.15, 0.2) is 0 Å². The highest BCUT2D eigenvalue weighted by Gasteiger charge is 2.33. The summed E-state index contributed by atoms with van der Waals surface area (Å²) in [6.45, 7) is 2.52. The number of rotatable bonds is 3. The number of likely N-dealkylation sites (tertiary alicyclic amines) is 1. The Morgan fingerprint density at radius 2 is 2.04 bits per heavy atom. The minimum Gasteiger partial charge on any atom is -0.491 e. The molecule has 27 heavy (non-hydrogen) atoms. The van der Waals surface area contributed by atoms with Crippen LogP contribution in [0.1, 0.15) is 24.1 Å². The van der Waals surface area contributed by atoms with Gasteiger partial charge in [-0.05, 0) is 24.6 Å². The molecule has 0 aliphatic carbocycles. The predicted octanol–water partition coefficient (Wildman–Crippen LogP) is 2.24. The van der Waals surface area contributed by atoms with Gasteiger partial charge in [-0.2, -0.15) is 0 Å². The zero-order valence-corrected chi connectivity index (χ0v) is 15.2. The smallest absolute Gasteiger partial charge is 0.227 e. The number of ether oxygens (including phenoxy) is 1. The quantitative estimate of drug-likeness (QED) is 0.837. The van der Waals surface area contributed by atoms with E-state index < -0.39 is 0 Å². The number of carbonyl (C=O) groups excluding carboxylic acids is 2. The first-order valence-electron chi connectivity index (χ1n) is 9.38. The molecule has 0 bridgehead atoms. The molecule has 6 heteroatoms. The topological polar surface area (TPSA) is 62.7 Å². The molecule has 1 saturated heterocycles. The second-order valence-electron chi connectivity index (χ2n) is 7.05. The highest BCUT2D eigenvalue weighted by molar-refractivity contribution is 5.84. The Bertz CT molecular complexity index is 824. The van der Waals surface area contributed by atoms with E-state index in [9.17, 15) is 9.59 Å². The van der Waals surface area contributed by atoms with E-state index in [1.807, 2.05) is 47.4 Å². The van der Waals surface area contributed by atoms with Crippen LogP contribution >= 0.6 is 0 Å². The summed E-state index contributed by atoms with van der Waals surface area (Å²) in [5.41, 5.74) is 1.87. The van der Waals surface area contributed by atoms with Gasteiger partial charge in [-0.25, -0.2) is 0 Å². The molecule has 1 fully saturated rings. The Kier molecular flexibility index (Phi) is 5.05. The summed E-state index contributed by atoms with van der Waals surface area (Å²) < 4.78 is 5.77. The van der Waals surface area contributed by atoms with E-state index in [0.29, 0.717) is 45.6 Å². The maximum Gasteiger partial charge on any atom is 0.227 e. The van der Waals surface area contributed by atoms with Gasteiger partial charge in [-0.1, -0.05) is 24.3 Å². The van der Waals surface area contributed by atoms with Crippen molar-refractivity contribution < 1.29 is 14.3 Å². The summed E-state index contributed by atoms with van der Waals surface area (Å²) in [5.74, 6) is 0.878. The second-order valence-corrected chi connectivity index (χ2v) is 7.05. The van der Waals surface area contributed by atoms with Crippen molar-refractivity contribution >= 4 is 11.8 Å². The Balaban J connectivity index is 1.44. The molecule has 2 aliphatic rings. The molecule has 1 unspecified atom stereocenters. The van der Waals surface area contributed by atoms with Gasteiger partial charge in [0.05, 0.1) is 24.7 Å². The standard InChI is InChI=1S/C21H23N3O3/c25-20-9-8-17(14-24(20)15-18-6-3-4-10-22-18)21(26)23-11-12-27-19-7-2-1-5-16(19)13-23/h1-7,10,17H,8-9,11-15H2. The van der Waals surface area contributed by atoms with Crippen molar-refractivity contribution in [2.24, 2.45) is 5.92 Å². The van der Waals surface area contributed by atoms with Crippen LogP contribution in [0.25, 0.3) is 0 Å². The lowest BCUT2D eigenvalue weighted by Gasteiger charge is -2.34. The Hall–Kier alpha value is -2.89. The number of aromatic nitrogens is 1. The molecule has 2 aromatic rings. The number of piperidine rings is 1. The number of hydrogen-bond acceptors (Lipinski definition) is 4. The van der Waals surface area contributed by atoms with Gasteiger partial charge < -0.3 is 14.5 Å². The highest BCUT2D eigenvalue weighted by atomic mass is 16.5. The summed E-state index contributed by atoms with van der Waals surface area (Å²) in [4.78, 5) is 33.4. The lowest BCUT2D eigenvalue weighted by atomic mass is 9.95. The van der Waals surface area contributed by atoms with Crippen molar-refractivity contribution in [2.75, 3.05) is 19.7 Å². The fraction of sp³-hybridized carbons (Fsp3) is 0.381. The monoisotopic (exact) mass is 365 g/mol. The zero-order valence-electron chi connectivity index (χ0n) is 15.2. The molecule has 1 aromatic carbocycles. The van der Waals surface area contributed by atoms with E-state index in [-0.39, 0.29) is 17.7 Å². The number of hydrogen-bond donors (Lipinski definition) is 0. The number of amides is 2. The van der Waals surface area contributed by atoms with Crippen molar-refractivity contribution in [1.82, 2.24) is 14.8 Å². The Labute approximate surface area is 158 Å². The molecule has 0 saturated carbocycles. The number of para-hydroxylation sites is 1. The number of carbonyl (C=O) groups is 2. The van der Waals surface area contributed by atoms with Crippen molar-refractivity contribution in [2.45, 2.75) is 25.9 Å². The fourth-order valence-corrected chi connectivity index (χ4v) is 3.73. The predicted molar refractivity (Wildman–Crippen MR) is 99.7 cm³/mol. The fourth-order valence-electron chi connectivity index (χ4n) is 3.73. The molecule has 4 rings (SSSR count). The molecular formula is C21H23N3O3. The van der Waals surface area contributed by atoms with Crippen LogP contribution in [0.2, 0.25) is 0 Å². The normalized spacial score (nSPS) is 19.9. The SMILES string of the molecule is O=C1CCC(C(=O)N2CCOc3ccccc3C2)CN1Cc1ccccn1. The molecule has 1 atom stereocenters. The molecular weight excluding hydrogens is 342 g/mol. The van der Waals surface area contributed by atoms with Crippen LogP contribution in [0.4, 0.5) is 0 Å². The van der Waals surface area contributed by atoms with Crippen LogP contribution in [-0.4, -0.2) is 46.3 Å². The van der Waals surface area contributed by atoms with Gasteiger partial charge in [0.2, 0.25) is 11.8 Å². The molecule has 0 N–H and O–H groups in total. The largest absolute Gasteiger partial charge is 0.491 e. The minimum absolute atomic E-state index is 0.0919. The van der Waals surface area contributed by atoms with E-state index in [4.69, 9.17) is 4.74 Å². The first kappa shape index (κ1) is 17.5. The first-order chi connectivity index (χ1) is 13.2. The third kappa shape index (κ3) is 3.94. The van der Waals surface area contributed by atoms with Crippen molar-refractivity contribution in [3.63, 3.8) is 0 Å². The Morgan fingerprint density at radius 3 is 2.89 bits per heavy atom. The molecule has 0 spiro atoms. The van der Waals surface area contributed by atoms with Gasteiger partial charge in [0, 0.05) is 31.3 Å². The highest BCUT2D eigenvalue weighted by Crippen LogP contribution is 2.26. The molecule has 0 radical (unpaired) electrons. The lowest BCUT2D eigenvalue weighted by molar-refractivity contribution is -0.144. The third-order valence-corrected chi connectivity index (χ3v) is 5.19. The lowest BCUT2D eigenvalue weighted by Crippen LogP contribution is -2.47. The van der Waals surface area contributed by atoms with Crippen LogP contribution in [0.3, 0.4) is 0 Å². The van der Waals surface area contributed by atoms with Crippen LogP contribution in [0, 0.1) is 5.92 Å². The Morgan fingerprint density at radius 1 is 1.19 bits per heavy atom. The summed E-state index contributed by atoms with van der Waals surface area (Å²) in [5, 5.41) is 0. The molecule has 2 aliphatic heterocycles. The molecule has 6 nitrogen and oxygen atoms in total. The molecule has 3 heterocycles. The van der Waals surface area contributed by atoms with E-state index in [2.05, 4.69) is 4.98 Å². The van der Waals surface area contributed by atoms with Crippen LogP contribution in [0.5, 0.6) is 5.75 Å². The molecule has 2 amide bonds. The van der Waals surface area contributed by atoms with Crippen LogP contribution in [0.15, 0.2) is 48.7 Å². The van der Waals surface area contributed by atoms with E-state index in [1.165, 1.54) is 0 Å². The summed E-state index contributed by atoms with van der Waals surface area (Å²) in [7, 11) is 0. The molecule has 140 valence electrons. The van der Waals surface area contributed by atoms with Crippen molar-refractivity contribution in [3.8, 4) is 5.75 Å². The van der Waals surface area contributed by atoms with Gasteiger partial charge in [0.1, 0.15) is 12.4 Å². The van der Waals surface area contributed by atoms with Gasteiger partial charge >= 0.3 is 0 Å². The first-order valence-corrected chi connectivity index (χ1v) is 9.38. The van der Waals surface area contributed by atoms with Crippen LogP contribution in [-0.2, 0) is 22.7 Å². The molecule has 1 aromatic heterocycles. The van der Waals surface area contributed by atoms with Crippen LogP contribution < -0.4 is 4.74 Å². The van der Waals surface area contributed by atoms with Gasteiger partial charge in [0.25, 0.3) is 0 Å². The number of pyridine rings is 1. The van der Waals surface area contributed by atoms with E-state index in [1.54, 1.807) is 11.1 Å². The average Bonchev–Trinajstić information content (AvgIpc) is 2.92. The zero-order chi connectivity index (χ0) is 18.6. The average molecular weight is 365 g/mol. The van der Waals surface area contributed by atoms with Gasteiger partial charge in [-0.15, -0.1) is 0 Å². The summed E-state index contributed by atoms with van der Waals surface area (Å²) in [6, 6.07) is 13.5. The number of nitrogens with zero attached hydrogens (tertiary/aromatic N) is 3. The summed E-state index contributed by atoms with van der Waals surface area (Å²) in [6.07, 6.45) is 2.74.